The molecule has 1 unspecified atom stereocenters. The van der Waals surface area contributed by atoms with Gasteiger partial charge in [-0.25, -0.2) is 0 Å². The third kappa shape index (κ3) is 3.98. The van der Waals surface area contributed by atoms with Crippen LogP contribution >= 0.6 is 0 Å². The molecule has 0 spiro atoms. The molecule has 88 valence electrons. The van der Waals surface area contributed by atoms with E-state index in [9.17, 15) is 5.11 Å². The fourth-order valence-corrected chi connectivity index (χ4v) is 2.67. The van der Waals surface area contributed by atoms with Crippen molar-refractivity contribution in [3.05, 3.63) is 12.2 Å². The van der Waals surface area contributed by atoms with E-state index in [1.807, 2.05) is 0 Å². The molecule has 0 aromatic rings. The minimum absolute atomic E-state index is 0.327. The molecule has 1 saturated carbocycles. The van der Waals surface area contributed by atoms with Crippen LogP contribution < -0.4 is 0 Å². The molecule has 0 aromatic heterocycles. The Morgan fingerprint density at radius 2 is 1.93 bits per heavy atom. The molecule has 1 fully saturated rings. The molecule has 1 N–H and O–H groups in total. The third-order valence-corrected chi connectivity index (χ3v) is 3.57. The predicted octanol–water partition coefficient (Wildman–Crippen LogP) is 4.06. The number of unbranched alkanes of at least 4 members (excludes halogenated alkanes) is 1. The molecule has 0 saturated heterocycles. The molecule has 0 radical (unpaired) electrons. The average molecular weight is 210 g/mol. The second-order valence-corrected chi connectivity index (χ2v) is 6.10. The van der Waals surface area contributed by atoms with Crippen molar-refractivity contribution in [1.82, 2.24) is 0 Å². The largest absolute Gasteiger partial charge is 0.390 e. The molecule has 0 aromatic carbocycles. The van der Waals surface area contributed by atoms with Crippen LogP contribution in [-0.4, -0.2) is 10.7 Å². The number of aliphatic hydroxyl groups is 1. The van der Waals surface area contributed by atoms with Crippen molar-refractivity contribution in [2.75, 3.05) is 0 Å². The lowest BCUT2D eigenvalue weighted by Gasteiger charge is -2.27. The molecule has 1 heteroatoms. The lowest BCUT2D eigenvalue weighted by Crippen LogP contribution is -2.28. The second-order valence-electron chi connectivity index (χ2n) is 6.10. The van der Waals surface area contributed by atoms with E-state index in [-0.39, 0.29) is 0 Å². The fourth-order valence-electron chi connectivity index (χ4n) is 2.67. The second kappa shape index (κ2) is 4.69. The van der Waals surface area contributed by atoms with Gasteiger partial charge in [0.05, 0.1) is 5.60 Å². The fraction of sp³-hybridized carbons (Fsp3) is 0.857. The Bertz CT molecular complexity index is 229. The van der Waals surface area contributed by atoms with Gasteiger partial charge in [-0.2, -0.15) is 0 Å². The summed E-state index contributed by atoms with van der Waals surface area (Å²) in [6, 6.07) is 0. The van der Waals surface area contributed by atoms with Crippen LogP contribution in [0.4, 0.5) is 0 Å². The Labute approximate surface area is 94.6 Å². The van der Waals surface area contributed by atoms with Crippen molar-refractivity contribution in [1.29, 1.82) is 0 Å². The van der Waals surface area contributed by atoms with E-state index in [4.69, 9.17) is 0 Å². The van der Waals surface area contributed by atoms with E-state index in [0.717, 1.165) is 44.9 Å². The molecule has 1 atom stereocenters. The number of hydrogen-bond donors (Lipinski definition) is 1. The number of hydrogen-bond acceptors (Lipinski definition) is 1. The van der Waals surface area contributed by atoms with Crippen LogP contribution in [0.1, 0.15) is 65.7 Å². The van der Waals surface area contributed by atoms with Gasteiger partial charge in [-0.1, -0.05) is 45.8 Å². The Kier molecular flexibility index (Phi) is 3.99. The molecule has 1 rings (SSSR count). The zero-order valence-electron chi connectivity index (χ0n) is 10.6. The summed E-state index contributed by atoms with van der Waals surface area (Å²) in [6.45, 7) is 10.9. The SMILES string of the molecule is C=C1CC(C)(C)CCC(O)(CCCC)C1. The first-order chi connectivity index (χ1) is 6.87. The molecular formula is C14H26O. The van der Waals surface area contributed by atoms with Crippen LogP contribution in [-0.2, 0) is 0 Å². The Hall–Kier alpha value is -0.300. The summed E-state index contributed by atoms with van der Waals surface area (Å²) in [5.74, 6) is 0. The summed E-state index contributed by atoms with van der Waals surface area (Å²) in [6.07, 6.45) is 7.18. The molecule has 0 heterocycles. The van der Waals surface area contributed by atoms with Gasteiger partial charge in [0.15, 0.2) is 0 Å². The van der Waals surface area contributed by atoms with Crippen LogP contribution in [0.25, 0.3) is 0 Å². The van der Waals surface area contributed by atoms with Crippen LogP contribution in [0, 0.1) is 5.41 Å². The van der Waals surface area contributed by atoms with Crippen molar-refractivity contribution < 1.29 is 5.11 Å². The topological polar surface area (TPSA) is 20.2 Å². The van der Waals surface area contributed by atoms with Crippen molar-refractivity contribution in [3.8, 4) is 0 Å². The number of rotatable bonds is 3. The zero-order valence-corrected chi connectivity index (χ0v) is 10.6. The summed E-state index contributed by atoms with van der Waals surface area (Å²) >= 11 is 0. The molecule has 1 aliphatic rings. The van der Waals surface area contributed by atoms with Gasteiger partial charge in [-0.05, 0) is 37.5 Å². The lowest BCUT2D eigenvalue weighted by atomic mass is 9.83. The van der Waals surface area contributed by atoms with Gasteiger partial charge < -0.3 is 5.11 Å². The highest BCUT2D eigenvalue weighted by atomic mass is 16.3. The standard InChI is InChI=1S/C14H26O/c1-5-6-7-14(15)9-8-13(3,4)10-12(2)11-14/h15H,2,5-11H2,1,3-4H3. The van der Waals surface area contributed by atoms with Gasteiger partial charge in [-0.15, -0.1) is 0 Å². The predicted molar refractivity (Wildman–Crippen MR) is 65.9 cm³/mol. The normalized spacial score (nSPS) is 31.3. The maximum Gasteiger partial charge on any atom is 0.0684 e. The van der Waals surface area contributed by atoms with Crippen LogP contribution in [0.5, 0.6) is 0 Å². The maximum absolute atomic E-state index is 10.5. The highest BCUT2D eigenvalue weighted by Crippen LogP contribution is 2.41. The maximum atomic E-state index is 10.5. The van der Waals surface area contributed by atoms with E-state index in [2.05, 4.69) is 27.4 Å². The summed E-state index contributed by atoms with van der Waals surface area (Å²) < 4.78 is 0. The summed E-state index contributed by atoms with van der Waals surface area (Å²) in [5.41, 5.74) is 1.10. The lowest BCUT2D eigenvalue weighted by molar-refractivity contribution is 0.0184. The zero-order chi connectivity index (χ0) is 11.5. The van der Waals surface area contributed by atoms with Crippen molar-refractivity contribution in [2.45, 2.75) is 71.3 Å². The van der Waals surface area contributed by atoms with Crippen molar-refractivity contribution in [3.63, 3.8) is 0 Å². The van der Waals surface area contributed by atoms with Gasteiger partial charge in [0.1, 0.15) is 0 Å². The molecule has 1 nitrogen and oxygen atoms in total. The molecular weight excluding hydrogens is 184 g/mol. The first-order valence-electron chi connectivity index (χ1n) is 6.26. The monoisotopic (exact) mass is 210 g/mol. The molecule has 0 bridgehead atoms. The van der Waals surface area contributed by atoms with E-state index < -0.39 is 5.60 Å². The van der Waals surface area contributed by atoms with Gasteiger partial charge in [0.25, 0.3) is 0 Å². The molecule has 0 amide bonds. The highest BCUT2D eigenvalue weighted by Gasteiger charge is 2.34. The van der Waals surface area contributed by atoms with Gasteiger partial charge >= 0.3 is 0 Å². The van der Waals surface area contributed by atoms with E-state index in [1.54, 1.807) is 0 Å². The average Bonchev–Trinajstić information content (AvgIpc) is 2.20. The van der Waals surface area contributed by atoms with Crippen molar-refractivity contribution >= 4 is 0 Å². The minimum Gasteiger partial charge on any atom is -0.390 e. The van der Waals surface area contributed by atoms with Crippen molar-refractivity contribution in [2.24, 2.45) is 5.41 Å². The van der Waals surface area contributed by atoms with E-state index in [0.29, 0.717) is 5.41 Å². The van der Waals surface area contributed by atoms with Gasteiger partial charge in [0.2, 0.25) is 0 Å². The van der Waals surface area contributed by atoms with Gasteiger partial charge in [-0.3, -0.25) is 0 Å². The molecule has 1 aliphatic carbocycles. The quantitative estimate of drug-likeness (QED) is 0.550. The highest BCUT2D eigenvalue weighted by molar-refractivity contribution is 5.07. The van der Waals surface area contributed by atoms with Gasteiger partial charge in [0, 0.05) is 0 Å². The van der Waals surface area contributed by atoms with Crippen LogP contribution in [0.15, 0.2) is 12.2 Å². The summed E-state index contributed by atoms with van der Waals surface area (Å²) in [4.78, 5) is 0. The van der Waals surface area contributed by atoms with E-state index in [1.165, 1.54) is 5.57 Å². The van der Waals surface area contributed by atoms with Crippen LogP contribution in [0.3, 0.4) is 0 Å². The molecule has 0 aliphatic heterocycles. The van der Waals surface area contributed by atoms with Crippen LogP contribution in [0.2, 0.25) is 0 Å². The first-order valence-corrected chi connectivity index (χ1v) is 6.26. The Morgan fingerprint density at radius 3 is 2.53 bits per heavy atom. The minimum atomic E-state index is -0.457. The Balaban J connectivity index is 2.64. The third-order valence-electron chi connectivity index (χ3n) is 3.57. The first kappa shape index (κ1) is 12.8. The van der Waals surface area contributed by atoms with E-state index >= 15 is 0 Å². The summed E-state index contributed by atoms with van der Waals surface area (Å²) in [7, 11) is 0. The smallest absolute Gasteiger partial charge is 0.0684 e. The Morgan fingerprint density at radius 1 is 1.27 bits per heavy atom. The molecule has 15 heavy (non-hydrogen) atoms. The summed E-state index contributed by atoms with van der Waals surface area (Å²) in [5, 5.41) is 10.5.